The molecule has 0 aliphatic carbocycles. The maximum Gasteiger partial charge on any atom is 0.407 e. The Morgan fingerprint density at radius 2 is 0.897 bits per heavy atom. The van der Waals surface area contributed by atoms with Crippen LogP contribution in [0.25, 0.3) is 0 Å². The van der Waals surface area contributed by atoms with E-state index in [1.807, 2.05) is 146 Å². The minimum absolute atomic E-state index is 0.243. The van der Waals surface area contributed by atoms with Crippen LogP contribution < -0.4 is 41.6 Å². The normalized spacial score (nSPS) is 12.5. The summed E-state index contributed by atoms with van der Waals surface area (Å²) < 4.78 is 61.3. The van der Waals surface area contributed by atoms with Crippen molar-refractivity contribution >= 4 is 48.4 Å². The summed E-state index contributed by atoms with van der Waals surface area (Å²) >= 11 is 0. The summed E-state index contributed by atoms with van der Waals surface area (Å²) in [6.07, 6.45) is 1.09. The molecule has 2 heterocycles. The molecule has 0 aliphatic rings. The first-order valence-electron chi connectivity index (χ1n) is 25.9. The zero-order valence-electron chi connectivity index (χ0n) is 46.1. The van der Waals surface area contributed by atoms with Crippen molar-refractivity contribution in [3.05, 3.63) is 167 Å². The molecular weight excluding hydrogens is 1030 g/mol. The van der Waals surface area contributed by atoms with Gasteiger partial charge in [0.1, 0.15) is 33.6 Å². The fourth-order valence-corrected chi connectivity index (χ4v) is 11.2. The second-order valence-electron chi connectivity index (χ2n) is 19.3. The van der Waals surface area contributed by atoms with Gasteiger partial charge in [0.2, 0.25) is 0 Å². The van der Waals surface area contributed by atoms with E-state index >= 15 is 0 Å². The Hall–Kier alpha value is -7.22. The van der Waals surface area contributed by atoms with Crippen LogP contribution in [0.15, 0.2) is 133 Å². The number of nitrogens with zero attached hydrogens (tertiary/aromatic N) is 2. The molecule has 0 radical (unpaired) electrons. The summed E-state index contributed by atoms with van der Waals surface area (Å²) in [7, 11) is -6.81. The number of aliphatic hydroxyl groups is 1. The molecule has 0 saturated carbocycles. The van der Waals surface area contributed by atoms with Crippen LogP contribution in [-0.4, -0.2) is 78.0 Å². The van der Waals surface area contributed by atoms with Crippen LogP contribution in [0.5, 0.6) is 11.5 Å². The van der Waals surface area contributed by atoms with Gasteiger partial charge in [-0.05, 0) is 172 Å². The number of pyridine rings is 2. The summed E-state index contributed by atoms with van der Waals surface area (Å²) in [5.74, 6) is 13.9. The van der Waals surface area contributed by atoms with Gasteiger partial charge >= 0.3 is 12.2 Å². The van der Waals surface area contributed by atoms with Crippen LogP contribution in [-0.2, 0) is 40.7 Å². The molecule has 6 aromatic rings. The fraction of sp³-hybridized carbons (Fsp3) is 0.344. The number of rotatable bonds is 20. The Kier molecular flexibility index (Phi) is 23.8. The molecule has 2 atom stereocenters. The second-order valence-corrected chi connectivity index (χ2v) is 24.0. The van der Waals surface area contributed by atoms with Crippen molar-refractivity contribution in [1.82, 2.24) is 20.6 Å². The van der Waals surface area contributed by atoms with Crippen LogP contribution in [0.1, 0.15) is 109 Å². The smallest absolute Gasteiger partial charge is 0.407 e. The molecule has 3 N–H and O–H groups in total. The van der Waals surface area contributed by atoms with E-state index in [2.05, 4.69) is 44.3 Å². The number of hydrogen-bond donors (Lipinski definition) is 3. The molecule has 78 heavy (non-hydrogen) atoms. The van der Waals surface area contributed by atoms with Crippen molar-refractivity contribution < 1.29 is 51.8 Å². The van der Waals surface area contributed by atoms with Gasteiger partial charge in [-0.3, -0.25) is 9.13 Å². The number of aryl methyl sites for hydroxylation is 1. The Morgan fingerprint density at radius 3 is 1.26 bits per heavy atom. The van der Waals surface area contributed by atoms with E-state index in [4.69, 9.17) is 28.0 Å². The lowest BCUT2D eigenvalue weighted by atomic mass is 10.1. The molecule has 0 spiro atoms. The number of aromatic nitrogens is 2. The quantitative estimate of drug-likeness (QED) is 0.0372. The van der Waals surface area contributed by atoms with E-state index in [-0.39, 0.29) is 18.6 Å². The fourth-order valence-electron chi connectivity index (χ4n) is 7.10. The third-order valence-corrected chi connectivity index (χ3v) is 15.5. The van der Waals surface area contributed by atoms with E-state index in [1.54, 1.807) is 49.4 Å². The largest absolute Gasteiger partial charge is 0.494 e. The number of ether oxygens (including phenoxy) is 4. The number of carbonyl (C=O) groups excluding carboxylic acids is 2. The van der Waals surface area contributed by atoms with Crippen molar-refractivity contribution in [3.8, 4) is 35.2 Å². The first-order valence-corrected chi connectivity index (χ1v) is 29.2. The van der Waals surface area contributed by atoms with Crippen LogP contribution in [0.4, 0.5) is 9.59 Å². The predicted molar refractivity (Wildman–Crippen MR) is 307 cm³/mol. The molecular formula is C61H72N4O11P2. The van der Waals surface area contributed by atoms with Crippen molar-refractivity contribution in [2.75, 3.05) is 39.5 Å². The van der Waals surface area contributed by atoms with Gasteiger partial charge in [0.15, 0.2) is 0 Å². The molecule has 0 fully saturated rings. The van der Waals surface area contributed by atoms with E-state index < -0.39 is 38.1 Å². The number of carbonyl (C=O) groups is 2. The zero-order chi connectivity index (χ0) is 56.6. The molecule has 6 rings (SSSR count). The van der Waals surface area contributed by atoms with Gasteiger partial charge in [0, 0.05) is 51.6 Å². The lowest BCUT2D eigenvalue weighted by Crippen LogP contribution is -2.33. The van der Waals surface area contributed by atoms with Gasteiger partial charge in [0.25, 0.3) is 14.7 Å². The number of hydrogen-bond acceptors (Lipinski definition) is 13. The summed E-state index contributed by atoms with van der Waals surface area (Å²) in [6.45, 7) is 18.6. The Balaban J connectivity index is 0.000000287. The number of amides is 2. The zero-order valence-corrected chi connectivity index (χ0v) is 47.9. The molecule has 0 bridgehead atoms. The average molecular weight is 1100 g/mol. The molecule has 0 saturated heterocycles. The Bertz CT molecular complexity index is 2890. The topological polar surface area (TPSA) is 194 Å². The highest BCUT2D eigenvalue weighted by molar-refractivity contribution is 7.74. The monoisotopic (exact) mass is 1100 g/mol. The molecule has 0 aliphatic heterocycles. The number of nitrogens with one attached hydrogen (secondary N) is 2. The predicted octanol–water partition coefficient (Wildman–Crippen LogP) is 10.1. The van der Waals surface area contributed by atoms with E-state index in [0.29, 0.717) is 85.2 Å². The standard InChI is InChI=1S/C31H37N2O5P.C30H35N2O6P/c1-6-26-22-25(23-29(33-26)39(35,37-7-2)28-12-9-8-10-13-28)15-14-24-16-18-27(19-17-24)36-21-11-20-32-30(34)38-31(3,4)5;1-5-37-39(35,27-10-7-6-8-11-27)28-21-24(20-25(22-33)32-28)13-12-23-14-16-26(17-15-23)36-19-9-18-31-29(34)38-30(2,3)4/h8-10,12-13,16-19,22-23H,6-7,11,20-21H2,1-5H3,(H,32,34);6-8,10-11,14-17,20-21,33H,5,9,18-19,22H2,1-4H3,(H,31,34). The third kappa shape index (κ3) is 20.3. The number of aliphatic hydroxyl groups excluding tert-OH is 1. The molecule has 4 aromatic carbocycles. The molecule has 2 unspecified atom stereocenters. The Morgan fingerprint density at radius 1 is 0.526 bits per heavy atom. The molecule has 15 nitrogen and oxygen atoms in total. The van der Waals surface area contributed by atoms with Crippen molar-refractivity contribution in [3.63, 3.8) is 0 Å². The maximum absolute atomic E-state index is 14.0. The first kappa shape index (κ1) is 61.6. The molecule has 2 amide bonds. The summed E-state index contributed by atoms with van der Waals surface area (Å²) in [4.78, 5) is 32.4. The van der Waals surface area contributed by atoms with Crippen molar-refractivity contribution in [1.29, 1.82) is 0 Å². The number of alkyl carbamates (subject to hydrolysis) is 2. The highest BCUT2D eigenvalue weighted by Crippen LogP contribution is 2.45. The minimum atomic E-state index is -3.46. The summed E-state index contributed by atoms with van der Waals surface area (Å²) in [6, 6.07) is 39.9. The van der Waals surface area contributed by atoms with Crippen LogP contribution in [0.2, 0.25) is 0 Å². The minimum Gasteiger partial charge on any atom is -0.494 e. The highest BCUT2D eigenvalue weighted by atomic mass is 31.2. The first-order chi connectivity index (χ1) is 37.2. The average Bonchev–Trinajstić information content (AvgIpc) is 3.53. The van der Waals surface area contributed by atoms with E-state index in [1.165, 1.54) is 0 Å². The van der Waals surface area contributed by atoms with Crippen LogP contribution >= 0.6 is 14.7 Å². The molecule has 412 valence electrons. The lowest BCUT2D eigenvalue weighted by Gasteiger charge is -2.19. The lowest BCUT2D eigenvalue weighted by molar-refractivity contribution is 0.0513. The third-order valence-electron chi connectivity index (χ3n) is 10.6. The van der Waals surface area contributed by atoms with Crippen LogP contribution in [0.3, 0.4) is 0 Å². The highest BCUT2D eigenvalue weighted by Gasteiger charge is 2.32. The van der Waals surface area contributed by atoms with E-state index in [9.17, 15) is 23.8 Å². The van der Waals surface area contributed by atoms with Crippen LogP contribution in [0, 0.1) is 23.7 Å². The van der Waals surface area contributed by atoms with Gasteiger partial charge in [0.05, 0.1) is 38.7 Å². The van der Waals surface area contributed by atoms with Gasteiger partial charge in [-0.1, -0.05) is 67.0 Å². The second kappa shape index (κ2) is 30.1. The molecule has 2 aromatic heterocycles. The maximum atomic E-state index is 14.0. The summed E-state index contributed by atoms with van der Waals surface area (Å²) in [5, 5.41) is 16.3. The Labute approximate surface area is 460 Å². The number of benzene rings is 4. The van der Waals surface area contributed by atoms with Gasteiger partial charge < -0.3 is 43.7 Å². The SMILES string of the molecule is CCOP(=O)(c1ccccc1)c1cc(C#Cc2ccc(OCCCNC(=O)OC(C)(C)C)cc2)cc(CC)n1.CCOP(=O)(c1ccccc1)c1cc(C#Cc2ccc(OCCCNC(=O)OC(C)(C)C)cc2)cc(CO)n1. The summed E-state index contributed by atoms with van der Waals surface area (Å²) in [5.41, 5.74) is 3.64. The van der Waals surface area contributed by atoms with Gasteiger partial charge in [-0.15, -0.1) is 0 Å². The van der Waals surface area contributed by atoms with E-state index in [0.717, 1.165) is 28.1 Å². The van der Waals surface area contributed by atoms with Crippen molar-refractivity contribution in [2.24, 2.45) is 0 Å². The van der Waals surface area contributed by atoms with Gasteiger partial charge in [-0.25, -0.2) is 19.6 Å². The molecule has 17 heteroatoms. The van der Waals surface area contributed by atoms with Gasteiger partial charge in [-0.2, -0.15) is 0 Å². The van der Waals surface area contributed by atoms with Crippen molar-refractivity contribution in [2.45, 2.75) is 99.4 Å².